The fourth-order valence-electron chi connectivity index (χ4n) is 3.06. The van der Waals surface area contributed by atoms with E-state index in [0.717, 1.165) is 25.1 Å². The lowest BCUT2D eigenvalue weighted by molar-refractivity contribution is -0.0697. The lowest BCUT2D eigenvalue weighted by atomic mass is 9.94. The molecule has 0 spiro atoms. The average Bonchev–Trinajstić information content (AvgIpc) is 2.58. The van der Waals surface area contributed by atoms with Crippen LogP contribution in [0.1, 0.15) is 39.7 Å². The van der Waals surface area contributed by atoms with Crippen molar-refractivity contribution in [2.24, 2.45) is 0 Å². The van der Waals surface area contributed by atoms with Gasteiger partial charge in [-0.3, -0.25) is 0 Å². The molecule has 0 amide bonds. The first-order chi connectivity index (χ1) is 9.32. The van der Waals surface area contributed by atoms with Crippen molar-refractivity contribution in [2.75, 3.05) is 13.7 Å². The van der Waals surface area contributed by atoms with Crippen LogP contribution in [0.5, 0.6) is 5.75 Å². The van der Waals surface area contributed by atoms with Gasteiger partial charge in [-0.15, -0.1) is 0 Å². The smallest absolute Gasteiger partial charge is 0.118 e. The van der Waals surface area contributed by atoms with Gasteiger partial charge in [0.1, 0.15) is 5.75 Å². The van der Waals surface area contributed by atoms with Crippen molar-refractivity contribution in [1.82, 2.24) is 5.32 Å². The van der Waals surface area contributed by atoms with Gasteiger partial charge in [-0.05, 0) is 64.8 Å². The van der Waals surface area contributed by atoms with E-state index >= 15 is 0 Å². The number of hydrogen-bond acceptors (Lipinski definition) is 3. The second kappa shape index (κ2) is 5.74. The maximum atomic E-state index is 6.10. The van der Waals surface area contributed by atoms with Gasteiger partial charge in [0.15, 0.2) is 0 Å². The molecule has 1 unspecified atom stereocenters. The molecule has 112 valence electrons. The summed E-state index contributed by atoms with van der Waals surface area (Å²) in [5, 5.41) is 3.65. The van der Waals surface area contributed by atoms with Crippen LogP contribution in [0, 0.1) is 0 Å². The molecule has 1 aromatic rings. The van der Waals surface area contributed by atoms with E-state index in [1.165, 1.54) is 5.56 Å². The molecule has 1 fully saturated rings. The molecule has 0 aromatic heterocycles. The van der Waals surface area contributed by atoms with Gasteiger partial charge in [-0.2, -0.15) is 0 Å². The van der Waals surface area contributed by atoms with E-state index in [1.54, 1.807) is 7.11 Å². The Hall–Kier alpha value is -1.06. The lowest BCUT2D eigenvalue weighted by Crippen LogP contribution is -2.44. The Bertz CT molecular complexity index is 437. The number of hydrogen-bond donors (Lipinski definition) is 1. The Balaban J connectivity index is 1.83. The second-order valence-corrected chi connectivity index (χ2v) is 6.77. The average molecular weight is 277 g/mol. The molecule has 1 heterocycles. The molecule has 0 radical (unpaired) electrons. The number of rotatable bonds is 5. The molecule has 0 bridgehead atoms. The lowest BCUT2D eigenvalue weighted by Gasteiger charge is -2.27. The zero-order valence-electron chi connectivity index (χ0n) is 13.3. The molecular formula is C17H27NO2. The molecule has 1 saturated heterocycles. The molecule has 1 atom stereocenters. The van der Waals surface area contributed by atoms with E-state index in [9.17, 15) is 0 Å². The van der Waals surface area contributed by atoms with Crippen LogP contribution in [0.25, 0.3) is 0 Å². The Labute approximate surface area is 122 Å². The second-order valence-electron chi connectivity index (χ2n) is 6.77. The number of benzene rings is 1. The van der Waals surface area contributed by atoms with Crippen LogP contribution in [0.4, 0.5) is 0 Å². The molecule has 1 N–H and O–H groups in total. The normalized spacial score (nSPS) is 23.8. The van der Waals surface area contributed by atoms with Crippen molar-refractivity contribution in [1.29, 1.82) is 0 Å². The fourth-order valence-corrected chi connectivity index (χ4v) is 3.06. The van der Waals surface area contributed by atoms with Gasteiger partial charge in [0, 0.05) is 6.04 Å². The van der Waals surface area contributed by atoms with Crippen molar-refractivity contribution in [3.05, 3.63) is 29.8 Å². The van der Waals surface area contributed by atoms with Crippen LogP contribution in [-0.4, -0.2) is 30.9 Å². The predicted molar refractivity (Wildman–Crippen MR) is 82.3 cm³/mol. The topological polar surface area (TPSA) is 30.5 Å². The minimum Gasteiger partial charge on any atom is -0.497 e. The van der Waals surface area contributed by atoms with Gasteiger partial charge >= 0.3 is 0 Å². The molecule has 1 aliphatic rings. The third kappa shape index (κ3) is 3.74. The zero-order chi connectivity index (χ0) is 14.8. The first-order valence-corrected chi connectivity index (χ1v) is 7.39. The molecule has 0 saturated carbocycles. The quantitative estimate of drug-likeness (QED) is 0.896. The van der Waals surface area contributed by atoms with E-state index in [-0.39, 0.29) is 11.2 Å². The highest BCUT2D eigenvalue weighted by Crippen LogP contribution is 2.37. The minimum absolute atomic E-state index is 0.0265. The fraction of sp³-hybridized carbons (Fsp3) is 0.647. The molecule has 1 aliphatic heterocycles. The number of methoxy groups -OCH3 is 1. The summed E-state index contributed by atoms with van der Waals surface area (Å²) in [7, 11) is 1.69. The standard InChI is InChI=1S/C17H27NO2/c1-16(2)12-15(17(3,4)20-16)18-11-10-13-6-8-14(19-5)9-7-13/h6-9,15,18H,10-12H2,1-5H3. The van der Waals surface area contributed by atoms with Gasteiger partial charge in [0.05, 0.1) is 18.3 Å². The monoisotopic (exact) mass is 277 g/mol. The molecule has 3 heteroatoms. The third-order valence-corrected chi connectivity index (χ3v) is 4.04. The van der Waals surface area contributed by atoms with Crippen LogP contribution < -0.4 is 10.1 Å². The minimum atomic E-state index is -0.0938. The van der Waals surface area contributed by atoms with Crippen LogP contribution in [0.3, 0.4) is 0 Å². The van der Waals surface area contributed by atoms with E-state index in [2.05, 4.69) is 45.1 Å². The first-order valence-electron chi connectivity index (χ1n) is 7.39. The molecular weight excluding hydrogens is 250 g/mol. The summed E-state index contributed by atoms with van der Waals surface area (Å²) in [6, 6.07) is 8.69. The highest BCUT2D eigenvalue weighted by atomic mass is 16.5. The SMILES string of the molecule is COc1ccc(CCNC2CC(C)(C)OC2(C)C)cc1. The van der Waals surface area contributed by atoms with Crippen molar-refractivity contribution in [3.63, 3.8) is 0 Å². The Morgan fingerprint density at radius 1 is 1.20 bits per heavy atom. The van der Waals surface area contributed by atoms with Gasteiger partial charge in [-0.1, -0.05) is 12.1 Å². The number of ether oxygens (including phenoxy) is 2. The zero-order valence-corrected chi connectivity index (χ0v) is 13.3. The molecule has 1 aromatic carbocycles. The van der Waals surface area contributed by atoms with Crippen molar-refractivity contribution in [2.45, 2.75) is 57.8 Å². The van der Waals surface area contributed by atoms with Gasteiger partial charge in [-0.25, -0.2) is 0 Å². The Morgan fingerprint density at radius 2 is 1.85 bits per heavy atom. The molecule has 0 aliphatic carbocycles. The maximum Gasteiger partial charge on any atom is 0.118 e. The van der Waals surface area contributed by atoms with Crippen LogP contribution >= 0.6 is 0 Å². The van der Waals surface area contributed by atoms with Gasteiger partial charge in [0.2, 0.25) is 0 Å². The first kappa shape index (κ1) is 15.3. The largest absolute Gasteiger partial charge is 0.497 e. The molecule has 2 rings (SSSR count). The summed E-state index contributed by atoms with van der Waals surface area (Å²) < 4.78 is 11.3. The highest BCUT2D eigenvalue weighted by Gasteiger charge is 2.45. The van der Waals surface area contributed by atoms with E-state index in [4.69, 9.17) is 9.47 Å². The third-order valence-electron chi connectivity index (χ3n) is 4.04. The summed E-state index contributed by atoms with van der Waals surface area (Å²) in [5.74, 6) is 0.911. The number of nitrogens with one attached hydrogen (secondary N) is 1. The Kier molecular flexibility index (Phi) is 4.40. The van der Waals surface area contributed by atoms with Crippen LogP contribution in [0.15, 0.2) is 24.3 Å². The predicted octanol–water partition coefficient (Wildman–Crippen LogP) is 3.17. The summed E-state index contributed by atoms with van der Waals surface area (Å²) in [5.41, 5.74) is 1.21. The van der Waals surface area contributed by atoms with Crippen molar-refractivity contribution < 1.29 is 9.47 Å². The summed E-state index contributed by atoms with van der Waals surface area (Å²) >= 11 is 0. The Morgan fingerprint density at radius 3 is 2.35 bits per heavy atom. The van der Waals surface area contributed by atoms with Gasteiger partial charge < -0.3 is 14.8 Å². The van der Waals surface area contributed by atoms with Crippen LogP contribution in [0.2, 0.25) is 0 Å². The van der Waals surface area contributed by atoms with E-state index < -0.39 is 0 Å². The summed E-state index contributed by atoms with van der Waals surface area (Å²) in [6.45, 7) is 9.65. The van der Waals surface area contributed by atoms with E-state index in [1.807, 2.05) is 12.1 Å². The maximum absolute atomic E-state index is 6.10. The molecule has 3 nitrogen and oxygen atoms in total. The van der Waals surface area contributed by atoms with E-state index in [0.29, 0.717) is 6.04 Å². The van der Waals surface area contributed by atoms with Crippen molar-refractivity contribution in [3.8, 4) is 5.75 Å². The summed E-state index contributed by atoms with van der Waals surface area (Å²) in [4.78, 5) is 0. The van der Waals surface area contributed by atoms with Gasteiger partial charge in [0.25, 0.3) is 0 Å². The summed E-state index contributed by atoms with van der Waals surface area (Å²) in [6.07, 6.45) is 2.08. The molecule has 20 heavy (non-hydrogen) atoms. The van der Waals surface area contributed by atoms with Crippen molar-refractivity contribution >= 4 is 0 Å². The van der Waals surface area contributed by atoms with Crippen LogP contribution in [-0.2, 0) is 11.2 Å². The highest BCUT2D eigenvalue weighted by molar-refractivity contribution is 5.27.